The molecule has 1 N–H and O–H groups in total. The average molecular weight is 265 g/mol. The van der Waals surface area contributed by atoms with E-state index in [-0.39, 0.29) is 11.8 Å². The molecule has 2 aliphatic heterocycles. The molecule has 5 heteroatoms. The molecule has 0 spiro atoms. The minimum atomic E-state index is -0.288. The average Bonchev–Trinajstić information content (AvgIpc) is 2.89. The summed E-state index contributed by atoms with van der Waals surface area (Å²) in [5.74, 6) is 0.755. The highest BCUT2D eigenvalue weighted by atomic mass is 16.2. The van der Waals surface area contributed by atoms with Gasteiger partial charge in [-0.05, 0) is 37.6 Å². The van der Waals surface area contributed by atoms with Gasteiger partial charge in [0.05, 0.1) is 0 Å². The lowest BCUT2D eigenvalue weighted by atomic mass is 10.0. The Balaban J connectivity index is 1.59. The van der Waals surface area contributed by atoms with E-state index in [4.69, 9.17) is 0 Å². The molecule has 1 saturated carbocycles. The van der Waals surface area contributed by atoms with Gasteiger partial charge in [-0.3, -0.25) is 9.59 Å². The van der Waals surface area contributed by atoms with Crippen LogP contribution in [0.4, 0.5) is 0 Å². The molecule has 1 aliphatic carbocycles. The smallest absolute Gasteiger partial charge is 0.312 e. The van der Waals surface area contributed by atoms with Gasteiger partial charge in [-0.1, -0.05) is 6.42 Å². The molecule has 2 unspecified atom stereocenters. The van der Waals surface area contributed by atoms with Crippen molar-refractivity contribution in [2.45, 2.75) is 25.7 Å². The molecule has 0 aromatic heterocycles. The fourth-order valence-corrected chi connectivity index (χ4v) is 3.72. The molecule has 106 valence electrons. The molecule has 3 rings (SSSR count). The van der Waals surface area contributed by atoms with Crippen LogP contribution in [-0.4, -0.2) is 60.9 Å². The number of likely N-dealkylation sites (tertiary alicyclic amines) is 1. The molecule has 2 atom stereocenters. The van der Waals surface area contributed by atoms with Gasteiger partial charge in [0.15, 0.2) is 0 Å². The number of hydrogen-bond donors (Lipinski definition) is 1. The van der Waals surface area contributed by atoms with E-state index in [0.29, 0.717) is 24.9 Å². The lowest BCUT2D eigenvalue weighted by molar-refractivity contribution is -0.151. The fourth-order valence-electron chi connectivity index (χ4n) is 3.72. The van der Waals surface area contributed by atoms with E-state index in [0.717, 1.165) is 32.6 Å². The van der Waals surface area contributed by atoms with Crippen LogP contribution in [0.1, 0.15) is 25.7 Å². The highest BCUT2D eigenvalue weighted by Gasteiger charge is 2.40. The standard InChI is InChI=1S/C14H23N3O2/c18-13(16-7-2-5-15-6-8-16)14(19)17-9-11-3-1-4-12(11)10-17/h11-12,15H,1-10H2. The summed E-state index contributed by atoms with van der Waals surface area (Å²) in [6.07, 6.45) is 4.69. The maximum Gasteiger partial charge on any atom is 0.312 e. The van der Waals surface area contributed by atoms with Gasteiger partial charge >= 0.3 is 11.8 Å². The van der Waals surface area contributed by atoms with Crippen LogP contribution in [0.5, 0.6) is 0 Å². The SMILES string of the molecule is O=C(C(=O)N1CC2CCCC2C1)N1CCCNCC1. The van der Waals surface area contributed by atoms with Crippen LogP contribution in [0.15, 0.2) is 0 Å². The maximum atomic E-state index is 12.3. The molecule has 3 fully saturated rings. The van der Waals surface area contributed by atoms with Crippen LogP contribution in [0.25, 0.3) is 0 Å². The Hall–Kier alpha value is -1.10. The third kappa shape index (κ3) is 2.61. The van der Waals surface area contributed by atoms with Crippen molar-refractivity contribution in [1.29, 1.82) is 0 Å². The Kier molecular flexibility index (Phi) is 3.73. The van der Waals surface area contributed by atoms with Gasteiger partial charge in [0.25, 0.3) is 0 Å². The summed E-state index contributed by atoms with van der Waals surface area (Å²) < 4.78 is 0. The Morgan fingerprint density at radius 1 is 0.842 bits per heavy atom. The van der Waals surface area contributed by atoms with E-state index < -0.39 is 0 Å². The van der Waals surface area contributed by atoms with Crippen LogP contribution in [0.3, 0.4) is 0 Å². The Bertz CT molecular complexity index is 352. The quantitative estimate of drug-likeness (QED) is 0.631. The first kappa shape index (κ1) is 12.9. The van der Waals surface area contributed by atoms with Crippen LogP contribution in [0.2, 0.25) is 0 Å². The van der Waals surface area contributed by atoms with Crippen LogP contribution in [0, 0.1) is 11.8 Å². The van der Waals surface area contributed by atoms with Gasteiger partial charge in [0, 0.05) is 32.7 Å². The van der Waals surface area contributed by atoms with Crippen LogP contribution < -0.4 is 5.32 Å². The zero-order valence-corrected chi connectivity index (χ0v) is 11.4. The topological polar surface area (TPSA) is 52.7 Å². The first-order valence-corrected chi connectivity index (χ1v) is 7.54. The Labute approximate surface area is 114 Å². The first-order chi connectivity index (χ1) is 9.25. The van der Waals surface area contributed by atoms with E-state index in [9.17, 15) is 9.59 Å². The van der Waals surface area contributed by atoms with Crippen LogP contribution >= 0.6 is 0 Å². The molecule has 0 aromatic carbocycles. The molecule has 19 heavy (non-hydrogen) atoms. The number of nitrogens with one attached hydrogen (secondary N) is 1. The lowest BCUT2D eigenvalue weighted by Crippen LogP contribution is -2.45. The Morgan fingerprint density at radius 3 is 2.26 bits per heavy atom. The fraction of sp³-hybridized carbons (Fsp3) is 0.857. The highest BCUT2D eigenvalue weighted by molar-refractivity contribution is 6.35. The number of rotatable bonds is 0. The van der Waals surface area contributed by atoms with Gasteiger partial charge in [-0.25, -0.2) is 0 Å². The molecule has 0 aromatic rings. The maximum absolute atomic E-state index is 12.3. The summed E-state index contributed by atoms with van der Waals surface area (Å²) >= 11 is 0. The highest BCUT2D eigenvalue weighted by Crippen LogP contribution is 2.37. The summed E-state index contributed by atoms with van der Waals surface area (Å²) in [6, 6.07) is 0. The molecule has 0 bridgehead atoms. The van der Waals surface area contributed by atoms with Crippen LogP contribution in [-0.2, 0) is 9.59 Å². The van der Waals surface area contributed by atoms with Crippen molar-refractivity contribution in [3.8, 4) is 0 Å². The molecule has 2 saturated heterocycles. The predicted molar refractivity (Wildman–Crippen MR) is 71.5 cm³/mol. The van der Waals surface area contributed by atoms with Crippen molar-refractivity contribution in [2.75, 3.05) is 39.3 Å². The number of fused-ring (bicyclic) bond motifs is 1. The normalized spacial score (nSPS) is 31.2. The second-order valence-corrected chi connectivity index (χ2v) is 6.06. The zero-order chi connectivity index (χ0) is 13.2. The third-order valence-electron chi connectivity index (χ3n) is 4.82. The van der Waals surface area contributed by atoms with Crippen molar-refractivity contribution < 1.29 is 9.59 Å². The molecule has 3 aliphatic rings. The van der Waals surface area contributed by atoms with Crippen molar-refractivity contribution in [1.82, 2.24) is 15.1 Å². The van der Waals surface area contributed by atoms with Gasteiger partial charge in [0.2, 0.25) is 0 Å². The second kappa shape index (κ2) is 5.49. The lowest BCUT2D eigenvalue weighted by Gasteiger charge is -2.23. The van der Waals surface area contributed by atoms with Crippen molar-refractivity contribution >= 4 is 11.8 Å². The predicted octanol–water partition coefficient (Wildman–Crippen LogP) is 0.0668. The number of amides is 2. The molecular formula is C14H23N3O2. The van der Waals surface area contributed by atoms with Gasteiger partial charge in [-0.15, -0.1) is 0 Å². The van der Waals surface area contributed by atoms with E-state index in [1.54, 1.807) is 9.80 Å². The minimum Gasteiger partial charge on any atom is -0.334 e. The number of hydrogen-bond acceptors (Lipinski definition) is 3. The monoisotopic (exact) mass is 265 g/mol. The molecule has 0 radical (unpaired) electrons. The molecule has 2 amide bonds. The van der Waals surface area contributed by atoms with E-state index in [1.165, 1.54) is 19.3 Å². The summed E-state index contributed by atoms with van der Waals surface area (Å²) in [6.45, 7) is 4.71. The second-order valence-electron chi connectivity index (χ2n) is 6.06. The summed E-state index contributed by atoms with van der Waals surface area (Å²) in [4.78, 5) is 28.1. The largest absolute Gasteiger partial charge is 0.334 e. The van der Waals surface area contributed by atoms with Crippen molar-refractivity contribution in [2.24, 2.45) is 11.8 Å². The van der Waals surface area contributed by atoms with E-state index in [1.807, 2.05) is 0 Å². The Morgan fingerprint density at radius 2 is 1.53 bits per heavy atom. The minimum absolute atomic E-state index is 0.267. The number of carbonyl (C=O) groups is 2. The van der Waals surface area contributed by atoms with E-state index >= 15 is 0 Å². The van der Waals surface area contributed by atoms with Crippen molar-refractivity contribution in [3.05, 3.63) is 0 Å². The number of nitrogens with zero attached hydrogens (tertiary/aromatic N) is 2. The van der Waals surface area contributed by atoms with Gasteiger partial charge in [0.1, 0.15) is 0 Å². The first-order valence-electron chi connectivity index (χ1n) is 7.54. The summed E-state index contributed by atoms with van der Waals surface area (Å²) in [5.41, 5.74) is 0. The number of carbonyl (C=O) groups excluding carboxylic acids is 2. The van der Waals surface area contributed by atoms with Crippen molar-refractivity contribution in [3.63, 3.8) is 0 Å². The zero-order valence-electron chi connectivity index (χ0n) is 11.4. The van der Waals surface area contributed by atoms with Gasteiger partial charge in [-0.2, -0.15) is 0 Å². The molecule has 5 nitrogen and oxygen atoms in total. The molecular weight excluding hydrogens is 242 g/mol. The summed E-state index contributed by atoms with van der Waals surface area (Å²) in [7, 11) is 0. The van der Waals surface area contributed by atoms with Gasteiger partial charge < -0.3 is 15.1 Å². The third-order valence-corrected chi connectivity index (χ3v) is 4.82. The van der Waals surface area contributed by atoms with E-state index in [2.05, 4.69) is 5.32 Å². The molecule has 2 heterocycles. The summed E-state index contributed by atoms with van der Waals surface area (Å²) in [5, 5.41) is 3.25.